The normalized spacial score (nSPS) is 12.6. The van der Waals surface area contributed by atoms with Gasteiger partial charge < -0.3 is 19.9 Å². The van der Waals surface area contributed by atoms with Gasteiger partial charge >= 0.3 is 0 Å². The standard InChI is InChI=1S/C29H42N4O3S/c1-7-22(8-2)33-26-12-11-21(17-24(26)31-27(33)18-23-10-9-15-37-23)28(34)32-25(16-19(3)4)29(35)30-13-14-36-20(5)6/h9-12,15,17,19-20,22,25H,7-8,13-14,16,18H2,1-6H3,(H,30,35)(H,32,34)/t25-/m0/s1. The predicted octanol–water partition coefficient (Wildman–Crippen LogP) is 5.74. The Hall–Kier alpha value is -2.71. The maximum Gasteiger partial charge on any atom is 0.252 e. The third kappa shape index (κ3) is 7.89. The number of benzene rings is 1. The first-order valence-electron chi connectivity index (χ1n) is 13.5. The van der Waals surface area contributed by atoms with Crippen LogP contribution in [0.2, 0.25) is 0 Å². The van der Waals surface area contributed by atoms with Gasteiger partial charge in [0.15, 0.2) is 0 Å². The Balaban J connectivity index is 1.82. The number of hydrogen-bond donors (Lipinski definition) is 2. The molecule has 0 unspecified atom stereocenters. The third-order valence-electron chi connectivity index (χ3n) is 6.43. The van der Waals surface area contributed by atoms with Gasteiger partial charge in [-0.2, -0.15) is 0 Å². The average Bonchev–Trinajstić information content (AvgIpc) is 3.49. The molecule has 1 atom stereocenters. The lowest BCUT2D eigenvalue weighted by Gasteiger charge is -2.21. The fraction of sp³-hybridized carbons (Fsp3) is 0.552. The minimum Gasteiger partial charge on any atom is -0.377 e. The number of fused-ring (bicyclic) bond motifs is 1. The summed E-state index contributed by atoms with van der Waals surface area (Å²) in [5.41, 5.74) is 2.36. The molecule has 202 valence electrons. The molecule has 7 nitrogen and oxygen atoms in total. The summed E-state index contributed by atoms with van der Waals surface area (Å²) in [7, 11) is 0. The molecule has 0 radical (unpaired) electrons. The zero-order valence-electron chi connectivity index (χ0n) is 23.0. The highest BCUT2D eigenvalue weighted by Crippen LogP contribution is 2.28. The van der Waals surface area contributed by atoms with Crippen molar-refractivity contribution in [3.05, 3.63) is 52.0 Å². The summed E-state index contributed by atoms with van der Waals surface area (Å²) in [4.78, 5) is 32.3. The van der Waals surface area contributed by atoms with Crippen molar-refractivity contribution in [2.45, 2.75) is 85.4 Å². The van der Waals surface area contributed by atoms with Crippen molar-refractivity contribution in [1.29, 1.82) is 0 Å². The maximum atomic E-state index is 13.2. The molecule has 0 saturated carbocycles. The van der Waals surface area contributed by atoms with Gasteiger partial charge in [0.05, 0.1) is 23.7 Å². The number of hydrogen-bond acceptors (Lipinski definition) is 5. The molecule has 2 aromatic heterocycles. The van der Waals surface area contributed by atoms with E-state index < -0.39 is 6.04 Å². The molecule has 8 heteroatoms. The smallest absolute Gasteiger partial charge is 0.252 e. The Morgan fingerprint density at radius 1 is 1.11 bits per heavy atom. The highest BCUT2D eigenvalue weighted by atomic mass is 32.1. The molecular formula is C29H42N4O3S. The van der Waals surface area contributed by atoms with Gasteiger partial charge in [-0.3, -0.25) is 9.59 Å². The summed E-state index contributed by atoms with van der Waals surface area (Å²) in [6, 6.07) is 9.62. The first kappa shape index (κ1) is 28.9. The zero-order valence-corrected chi connectivity index (χ0v) is 23.9. The van der Waals surface area contributed by atoms with Crippen molar-refractivity contribution >= 4 is 34.2 Å². The van der Waals surface area contributed by atoms with Gasteiger partial charge in [-0.25, -0.2) is 4.98 Å². The highest BCUT2D eigenvalue weighted by Gasteiger charge is 2.24. The van der Waals surface area contributed by atoms with Crippen LogP contribution in [0.25, 0.3) is 11.0 Å². The second-order valence-corrected chi connectivity index (χ2v) is 11.2. The molecule has 0 fully saturated rings. The molecule has 37 heavy (non-hydrogen) atoms. The summed E-state index contributed by atoms with van der Waals surface area (Å²) in [6.45, 7) is 13.2. The van der Waals surface area contributed by atoms with Gasteiger partial charge in [0.2, 0.25) is 5.91 Å². The third-order valence-corrected chi connectivity index (χ3v) is 7.30. The lowest BCUT2D eigenvalue weighted by molar-refractivity contribution is -0.123. The number of carbonyl (C=O) groups is 2. The van der Waals surface area contributed by atoms with Crippen LogP contribution in [0.4, 0.5) is 0 Å². The Kier molecular flexibility index (Phi) is 10.7. The summed E-state index contributed by atoms with van der Waals surface area (Å²) in [5, 5.41) is 7.94. The molecule has 0 aliphatic heterocycles. The van der Waals surface area contributed by atoms with E-state index in [-0.39, 0.29) is 23.8 Å². The monoisotopic (exact) mass is 526 g/mol. The van der Waals surface area contributed by atoms with E-state index in [0.29, 0.717) is 31.2 Å². The number of ether oxygens (including phenoxy) is 1. The molecule has 2 heterocycles. The minimum atomic E-state index is -0.612. The Bertz CT molecular complexity index is 1150. The molecule has 2 N–H and O–H groups in total. The van der Waals surface area contributed by atoms with Gasteiger partial charge in [0, 0.05) is 29.4 Å². The van der Waals surface area contributed by atoms with Crippen LogP contribution in [0, 0.1) is 5.92 Å². The van der Waals surface area contributed by atoms with Crippen molar-refractivity contribution < 1.29 is 14.3 Å². The summed E-state index contributed by atoms with van der Waals surface area (Å²) in [6.07, 6.45) is 3.45. The number of carbonyl (C=O) groups excluding carboxylic acids is 2. The van der Waals surface area contributed by atoms with Crippen LogP contribution in [-0.4, -0.2) is 46.7 Å². The largest absolute Gasteiger partial charge is 0.377 e. The molecule has 2 amide bonds. The summed E-state index contributed by atoms with van der Waals surface area (Å²) >= 11 is 1.73. The highest BCUT2D eigenvalue weighted by molar-refractivity contribution is 7.09. The van der Waals surface area contributed by atoms with Gasteiger partial charge in [0.25, 0.3) is 5.91 Å². The minimum absolute atomic E-state index is 0.109. The van der Waals surface area contributed by atoms with E-state index in [2.05, 4.69) is 46.6 Å². The van der Waals surface area contributed by atoms with Crippen LogP contribution in [0.3, 0.4) is 0 Å². The zero-order chi connectivity index (χ0) is 26.9. The second kappa shape index (κ2) is 13.7. The number of amides is 2. The van der Waals surface area contributed by atoms with Crippen LogP contribution < -0.4 is 10.6 Å². The molecule has 0 aliphatic carbocycles. The predicted molar refractivity (Wildman–Crippen MR) is 151 cm³/mol. The van der Waals surface area contributed by atoms with Crippen molar-refractivity contribution in [1.82, 2.24) is 20.2 Å². The van der Waals surface area contributed by atoms with Gasteiger partial charge in [-0.1, -0.05) is 33.8 Å². The molecule has 0 bridgehead atoms. The van der Waals surface area contributed by atoms with E-state index in [1.807, 2.05) is 45.9 Å². The Morgan fingerprint density at radius 3 is 2.49 bits per heavy atom. The van der Waals surface area contributed by atoms with Crippen molar-refractivity contribution in [3.63, 3.8) is 0 Å². The molecule has 0 saturated heterocycles. The SMILES string of the molecule is CCC(CC)n1c(Cc2cccs2)nc2cc(C(=O)N[C@@H](CC(C)C)C(=O)NCCOC(C)C)ccc21. The quantitative estimate of drug-likeness (QED) is 0.263. The van der Waals surface area contributed by atoms with Crippen molar-refractivity contribution in [2.24, 2.45) is 5.92 Å². The number of nitrogens with zero attached hydrogens (tertiary/aromatic N) is 2. The molecular weight excluding hydrogens is 484 g/mol. The van der Waals surface area contributed by atoms with E-state index in [4.69, 9.17) is 9.72 Å². The van der Waals surface area contributed by atoms with Gasteiger partial charge in [-0.15, -0.1) is 11.3 Å². The fourth-order valence-electron chi connectivity index (χ4n) is 4.58. The maximum absolute atomic E-state index is 13.2. The summed E-state index contributed by atoms with van der Waals surface area (Å²) in [5.74, 6) is 0.815. The fourth-order valence-corrected chi connectivity index (χ4v) is 5.28. The van der Waals surface area contributed by atoms with E-state index in [9.17, 15) is 9.59 Å². The van der Waals surface area contributed by atoms with Crippen LogP contribution >= 0.6 is 11.3 Å². The van der Waals surface area contributed by atoms with E-state index in [0.717, 1.165) is 36.1 Å². The first-order chi connectivity index (χ1) is 17.7. The lowest BCUT2D eigenvalue weighted by Crippen LogP contribution is -2.48. The van der Waals surface area contributed by atoms with Crippen LogP contribution in [0.1, 0.15) is 87.9 Å². The number of thiophene rings is 1. The lowest BCUT2D eigenvalue weighted by atomic mass is 10.0. The topological polar surface area (TPSA) is 85.2 Å². The molecule has 0 spiro atoms. The Morgan fingerprint density at radius 2 is 1.86 bits per heavy atom. The first-order valence-corrected chi connectivity index (χ1v) is 14.3. The van der Waals surface area contributed by atoms with Crippen LogP contribution in [0.5, 0.6) is 0 Å². The number of rotatable bonds is 14. The summed E-state index contributed by atoms with van der Waals surface area (Å²) < 4.78 is 7.85. The number of nitrogens with one attached hydrogen (secondary N) is 2. The number of imidazole rings is 1. The molecule has 3 aromatic rings. The molecule has 3 rings (SSSR count). The Labute approximate surface area is 225 Å². The molecule has 1 aromatic carbocycles. The van der Waals surface area contributed by atoms with Crippen molar-refractivity contribution in [3.8, 4) is 0 Å². The average molecular weight is 527 g/mol. The second-order valence-electron chi connectivity index (χ2n) is 10.2. The molecule has 0 aliphatic rings. The van der Waals surface area contributed by atoms with Crippen LogP contribution in [0.15, 0.2) is 35.7 Å². The number of aromatic nitrogens is 2. The van der Waals surface area contributed by atoms with E-state index >= 15 is 0 Å². The van der Waals surface area contributed by atoms with Gasteiger partial charge in [-0.05, 0) is 68.7 Å². The van der Waals surface area contributed by atoms with Crippen LogP contribution in [-0.2, 0) is 16.0 Å². The van der Waals surface area contributed by atoms with E-state index in [1.54, 1.807) is 11.3 Å². The van der Waals surface area contributed by atoms with Crippen molar-refractivity contribution in [2.75, 3.05) is 13.2 Å². The van der Waals surface area contributed by atoms with E-state index in [1.165, 1.54) is 4.88 Å². The van der Waals surface area contributed by atoms with Gasteiger partial charge in [0.1, 0.15) is 11.9 Å².